The van der Waals surface area contributed by atoms with Crippen molar-refractivity contribution < 1.29 is 14.4 Å². The Morgan fingerprint density at radius 2 is 1.82 bits per heavy atom. The second kappa shape index (κ2) is 7.70. The first-order chi connectivity index (χ1) is 10.2. The topological polar surface area (TPSA) is 69.7 Å². The van der Waals surface area contributed by atoms with E-state index >= 15 is 0 Å². The van der Waals surface area contributed by atoms with Crippen LogP contribution in [0.3, 0.4) is 0 Å². The predicted molar refractivity (Wildman–Crippen MR) is 85.9 cm³/mol. The Kier molecular flexibility index (Phi) is 6.24. The molecule has 0 saturated carbocycles. The lowest BCUT2D eigenvalue weighted by molar-refractivity contribution is -0.131. The van der Waals surface area contributed by atoms with Gasteiger partial charge in [-0.05, 0) is 33.0 Å². The van der Waals surface area contributed by atoms with Crippen LogP contribution < -0.4 is 5.32 Å². The maximum absolute atomic E-state index is 12.2. The highest BCUT2D eigenvalue weighted by atomic mass is 16.2. The van der Waals surface area contributed by atoms with E-state index in [9.17, 15) is 14.4 Å². The van der Waals surface area contributed by atoms with Crippen molar-refractivity contribution >= 4 is 23.3 Å². The normalized spacial score (nSPS) is 11.9. The second-order valence-corrected chi connectivity index (χ2v) is 5.51. The Balaban J connectivity index is 2.69. The molecule has 120 valence electrons. The molecule has 0 unspecified atom stereocenters. The molecule has 6 nitrogen and oxygen atoms in total. The standard InChI is InChI=1S/C16H23N3O3/c1-11(19(5)10-15(21)18(3)4)16(22)17-14-8-6-7-13(9-14)12(2)20/h6-9,11H,10H2,1-5H3,(H,17,22)/t11-/m0/s1. The van der Waals surface area contributed by atoms with Gasteiger partial charge in [0.05, 0.1) is 12.6 Å². The Bertz CT molecular complexity index is 570. The first-order valence-electron chi connectivity index (χ1n) is 7.04. The third kappa shape index (κ3) is 4.96. The summed E-state index contributed by atoms with van der Waals surface area (Å²) < 4.78 is 0. The minimum atomic E-state index is -0.468. The summed E-state index contributed by atoms with van der Waals surface area (Å²) in [5, 5.41) is 2.76. The molecule has 0 aliphatic heterocycles. The molecule has 0 radical (unpaired) electrons. The first-order valence-corrected chi connectivity index (χ1v) is 7.04. The zero-order valence-corrected chi connectivity index (χ0v) is 13.7. The largest absolute Gasteiger partial charge is 0.348 e. The molecule has 2 amide bonds. The number of hydrogen-bond donors (Lipinski definition) is 1. The monoisotopic (exact) mass is 305 g/mol. The van der Waals surface area contributed by atoms with E-state index in [1.165, 1.54) is 11.8 Å². The van der Waals surface area contributed by atoms with Gasteiger partial charge in [-0.3, -0.25) is 19.3 Å². The zero-order valence-electron chi connectivity index (χ0n) is 13.7. The highest BCUT2D eigenvalue weighted by molar-refractivity contribution is 5.98. The van der Waals surface area contributed by atoms with E-state index in [4.69, 9.17) is 0 Å². The molecule has 1 aromatic carbocycles. The number of hydrogen-bond acceptors (Lipinski definition) is 4. The summed E-state index contributed by atoms with van der Waals surface area (Å²) >= 11 is 0. The number of benzene rings is 1. The molecule has 6 heteroatoms. The molecule has 0 bridgehead atoms. The maximum atomic E-state index is 12.2. The van der Waals surface area contributed by atoms with Crippen molar-refractivity contribution in [3.05, 3.63) is 29.8 Å². The minimum absolute atomic E-state index is 0.0576. The van der Waals surface area contributed by atoms with Crippen molar-refractivity contribution in [2.24, 2.45) is 0 Å². The number of anilines is 1. The van der Waals surface area contributed by atoms with Crippen LogP contribution in [-0.2, 0) is 9.59 Å². The average molecular weight is 305 g/mol. The second-order valence-electron chi connectivity index (χ2n) is 5.51. The summed E-state index contributed by atoms with van der Waals surface area (Å²) in [6.45, 7) is 3.37. The van der Waals surface area contributed by atoms with E-state index in [0.717, 1.165) is 0 Å². The maximum Gasteiger partial charge on any atom is 0.241 e. The van der Waals surface area contributed by atoms with Gasteiger partial charge in [-0.2, -0.15) is 0 Å². The van der Waals surface area contributed by atoms with Gasteiger partial charge in [-0.1, -0.05) is 12.1 Å². The van der Waals surface area contributed by atoms with Crippen LogP contribution in [0.25, 0.3) is 0 Å². The molecule has 22 heavy (non-hydrogen) atoms. The number of Topliss-reactive ketones (excluding diaryl/α,β-unsaturated/α-hetero) is 1. The van der Waals surface area contributed by atoms with E-state index in [1.54, 1.807) is 57.2 Å². The van der Waals surface area contributed by atoms with E-state index < -0.39 is 6.04 Å². The Morgan fingerprint density at radius 1 is 1.18 bits per heavy atom. The summed E-state index contributed by atoms with van der Waals surface area (Å²) in [6, 6.07) is 6.31. The van der Waals surface area contributed by atoms with E-state index in [2.05, 4.69) is 5.32 Å². The predicted octanol–water partition coefficient (Wildman–Crippen LogP) is 1.24. The van der Waals surface area contributed by atoms with Gasteiger partial charge in [0.2, 0.25) is 11.8 Å². The molecule has 1 aromatic rings. The van der Waals surface area contributed by atoms with Gasteiger partial charge in [0, 0.05) is 25.3 Å². The fourth-order valence-electron chi connectivity index (χ4n) is 1.75. The summed E-state index contributed by atoms with van der Waals surface area (Å²) in [5.74, 6) is -0.353. The Morgan fingerprint density at radius 3 is 2.36 bits per heavy atom. The smallest absolute Gasteiger partial charge is 0.241 e. The number of carbonyl (C=O) groups is 3. The number of nitrogens with zero attached hydrogens (tertiary/aromatic N) is 2. The highest BCUT2D eigenvalue weighted by Crippen LogP contribution is 2.12. The lowest BCUT2D eigenvalue weighted by Crippen LogP contribution is -2.44. The molecule has 0 aliphatic rings. The molecular weight excluding hydrogens is 282 g/mol. The van der Waals surface area contributed by atoms with Crippen molar-refractivity contribution in [2.45, 2.75) is 19.9 Å². The summed E-state index contributed by atoms with van der Waals surface area (Å²) in [7, 11) is 5.07. The number of rotatable bonds is 6. The molecule has 0 aliphatic carbocycles. The van der Waals surface area contributed by atoms with Gasteiger partial charge < -0.3 is 10.2 Å². The van der Waals surface area contributed by atoms with Crippen LogP contribution in [0.15, 0.2) is 24.3 Å². The lowest BCUT2D eigenvalue weighted by Gasteiger charge is -2.24. The van der Waals surface area contributed by atoms with Crippen LogP contribution >= 0.6 is 0 Å². The first kappa shape index (κ1) is 17.8. The molecule has 0 aromatic heterocycles. The van der Waals surface area contributed by atoms with Crippen molar-refractivity contribution in [3.8, 4) is 0 Å². The van der Waals surface area contributed by atoms with Gasteiger partial charge in [0.15, 0.2) is 5.78 Å². The molecule has 1 N–H and O–H groups in total. The van der Waals surface area contributed by atoms with Crippen LogP contribution in [-0.4, -0.2) is 61.1 Å². The van der Waals surface area contributed by atoms with Crippen LogP contribution in [0, 0.1) is 0 Å². The van der Waals surface area contributed by atoms with Crippen molar-refractivity contribution in [1.82, 2.24) is 9.80 Å². The van der Waals surface area contributed by atoms with Gasteiger partial charge >= 0.3 is 0 Å². The SMILES string of the molecule is CC(=O)c1cccc(NC(=O)[C@H](C)N(C)CC(=O)N(C)C)c1. The van der Waals surface area contributed by atoms with Gasteiger partial charge in [-0.25, -0.2) is 0 Å². The summed E-state index contributed by atoms with van der Waals surface area (Å²) in [5.41, 5.74) is 1.11. The molecule has 0 heterocycles. The van der Waals surface area contributed by atoms with Gasteiger partial charge in [0.25, 0.3) is 0 Å². The van der Waals surface area contributed by atoms with E-state index in [0.29, 0.717) is 11.3 Å². The minimum Gasteiger partial charge on any atom is -0.348 e. The van der Waals surface area contributed by atoms with Crippen LogP contribution in [0.1, 0.15) is 24.2 Å². The van der Waals surface area contributed by atoms with Gasteiger partial charge in [-0.15, -0.1) is 0 Å². The number of carbonyl (C=O) groups excluding carboxylic acids is 3. The third-order valence-corrected chi connectivity index (χ3v) is 3.46. The number of amides is 2. The number of ketones is 1. The fourth-order valence-corrected chi connectivity index (χ4v) is 1.75. The number of nitrogens with one attached hydrogen (secondary N) is 1. The van der Waals surface area contributed by atoms with Crippen LogP contribution in [0.2, 0.25) is 0 Å². The summed E-state index contributed by atoms with van der Waals surface area (Å²) in [6.07, 6.45) is 0. The van der Waals surface area contributed by atoms with Crippen LogP contribution in [0.5, 0.6) is 0 Å². The van der Waals surface area contributed by atoms with E-state index in [1.807, 2.05) is 0 Å². The average Bonchev–Trinajstić information content (AvgIpc) is 2.46. The molecule has 1 atom stereocenters. The fraction of sp³-hybridized carbons (Fsp3) is 0.438. The van der Waals surface area contributed by atoms with Crippen LogP contribution in [0.4, 0.5) is 5.69 Å². The molecular formula is C16H23N3O3. The zero-order chi connectivity index (χ0) is 16.9. The molecule has 1 rings (SSSR count). The van der Waals surface area contributed by atoms with Crippen molar-refractivity contribution in [2.75, 3.05) is 33.0 Å². The van der Waals surface area contributed by atoms with Gasteiger partial charge in [0.1, 0.15) is 0 Å². The number of likely N-dealkylation sites (N-methyl/N-ethyl adjacent to an activating group) is 2. The Hall–Kier alpha value is -2.21. The highest BCUT2D eigenvalue weighted by Gasteiger charge is 2.21. The lowest BCUT2D eigenvalue weighted by atomic mass is 10.1. The Labute approximate surface area is 131 Å². The van der Waals surface area contributed by atoms with E-state index in [-0.39, 0.29) is 24.1 Å². The molecule has 0 saturated heterocycles. The quantitative estimate of drug-likeness (QED) is 0.803. The molecule has 0 fully saturated rings. The van der Waals surface area contributed by atoms with Crippen molar-refractivity contribution in [1.29, 1.82) is 0 Å². The van der Waals surface area contributed by atoms with Crippen molar-refractivity contribution in [3.63, 3.8) is 0 Å². The summed E-state index contributed by atoms with van der Waals surface area (Å²) in [4.78, 5) is 38.4. The third-order valence-electron chi connectivity index (χ3n) is 3.46. The molecule has 0 spiro atoms.